The molecule has 0 radical (unpaired) electrons. The lowest BCUT2D eigenvalue weighted by Crippen LogP contribution is -2.38. The summed E-state index contributed by atoms with van der Waals surface area (Å²) in [6, 6.07) is 17.9. The lowest BCUT2D eigenvalue weighted by atomic mass is 9.72. The standard InChI is InChI=1S/C21H18O2/c22-20(23)21(14-15-8-2-1-3-9-15)18-12-6-4-10-16(18)17-11-5-7-13-19(17)21/h1-4,6-10,12-13H,5,11,14H2,(H,22,23)/t21-/m0/s1. The molecule has 0 heterocycles. The monoisotopic (exact) mass is 302 g/mol. The molecule has 114 valence electrons. The quantitative estimate of drug-likeness (QED) is 0.914. The van der Waals surface area contributed by atoms with Crippen molar-refractivity contribution >= 4 is 11.5 Å². The third kappa shape index (κ3) is 1.98. The number of rotatable bonds is 3. The first-order valence-electron chi connectivity index (χ1n) is 8.01. The topological polar surface area (TPSA) is 37.3 Å². The average Bonchev–Trinajstić information content (AvgIpc) is 2.88. The highest BCUT2D eigenvalue weighted by molar-refractivity contribution is 5.98. The fourth-order valence-electron chi connectivity index (χ4n) is 4.01. The lowest BCUT2D eigenvalue weighted by molar-refractivity contribution is -0.142. The van der Waals surface area contributed by atoms with Crippen molar-refractivity contribution in [2.24, 2.45) is 0 Å². The van der Waals surface area contributed by atoms with Crippen molar-refractivity contribution in [3.8, 4) is 0 Å². The summed E-state index contributed by atoms with van der Waals surface area (Å²) in [4.78, 5) is 12.5. The fraction of sp³-hybridized carbons (Fsp3) is 0.190. The van der Waals surface area contributed by atoms with Crippen molar-refractivity contribution in [2.75, 3.05) is 0 Å². The van der Waals surface area contributed by atoms with Crippen molar-refractivity contribution in [2.45, 2.75) is 24.7 Å². The van der Waals surface area contributed by atoms with Crippen LogP contribution in [-0.4, -0.2) is 11.1 Å². The van der Waals surface area contributed by atoms with Crippen molar-refractivity contribution in [1.29, 1.82) is 0 Å². The minimum absolute atomic E-state index is 0.489. The highest BCUT2D eigenvalue weighted by Crippen LogP contribution is 2.51. The second-order valence-corrected chi connectivity index (χ2v) is 6.25. The molecule has 0 spiro atoms. The fourth-order valence-corrected chi connectivity index (χ4v) is 4.01. The van der Waals surface area contributed by atoms with E-state index in [-0.39, 0.29) is 0 Å². The van der Waals surface area contributed by atoms with Gasteiger partial charge in [0.25, 0.3) is 0 Å². The summed E-state index contributed by atoms with van der Waals surface area (Å²) in [6.07, 6.45) is 6.54. The van der Waals surface area contributed by atoms with Gasteiger partial charge in [-0.3, -0.25) is 4.79 Å². The second kappa shape index (κ2) is 5.24. The van der Waals surface area contributed by atoms with Gasteiger partial charge in [0.1, 0.15) is 5.41 Å². The van der Waals surface area contributed by atoms with Gasteiger partial charge >= 0.3 is 5.97 Å². The molecule has 2 aromatic carbocycles. The number of allylic oxidation sites excluding steroid dienone is 3. The zero-order valence-corrected chi connectivity index (χ0v) is 12.8. The molecule has 0 saturated carbocycles. The number of aliphatic carboxylic acids is 1. The first-order valence-corrected chi connectivity index (χ1v) is 8.01. The highest BCUT2D eigenvalue weighted by Gasteiger charge is 2.50. The predicted octanol–water partition coefficient (Wildman–Crippen LogP) is 4.37. The van der Waals surface area contributed by atoms with Crippen LogP contribution in [0.1, 0.15) is 29.5 Å². The van der Waals surface area contributed by atoms with Crippen molar-refractivity contribution in [1.82, 2.24) is 0 Å². The van der Waals surface area contributed by atoms with E-state index >= 15 is 0 Å². The number of carboxylic acid groups (broad SMARTS) is 1. The SMILES string of the molecule is O=C(O)[C@]1(Cc2ccccc2)C2=C(CCC=C2)c2ccccc21. The first-order chi connectivity index (χ1) is 11.2. The Bertz CT molecular complexity index is 830. The summed E-state index contributed by atoms with van der Waals surface area (Å²) >= 11 is 0. The van der Waals surface area contributed by atoms with Crippen LogP contribution in [-0.2, 0) is 16.6 Å². The molecule has 1 atom stereocenters. The Morgan fingerprint density at radius 1 is 1.04 bits per heavy atom. The van der Waals surface area contributed by atoms with Crippen LogP contribution in [0.2, 0.25) is 0 Å². The van der Waals surface area contributed by atoms with Gasteiger partial charge in [-0.05, 0) is 47.1 Å². The van der Waals surface area contributed by atoms with E-state index in [2.05, 4.69) is 12.1 Å². The van der Waals surface area contributed by atoms with Crippen LogP contribution < -0.4 is 0 Å². The number of fused-ring (bicyclic) bond motifs is 2. The molecule has 0 unspecified atom stereocenters. The molecule has 23 heavy (non-hydrogen) atoms. The minimum Gasteiger partial charge on any atom is -0.480 e. The van der Waals surface area contributed by atoms with Gasteiger partial charge < -0.3 is 5.11 Å². The van der Waals surface area contributed by atoms with E-state index in [9.17, 15) is 9.90 Å². The van der Waals surface area contributed by atoms with Crippen molar-refractivity contribution in [3.05, 3.63) is 89.0 Å². The van der Waals surface area contributed by atoms with Gasteiger partial charge in [-0.2, -0.15) is 0 Å². The van der Waals surface area contributed by atoms with Gasteiger partial charge in [-0.15, -0.1) is 0 Å². The third-order valence-corrected chi connectivity index (χ3v) is 5.02. The van der Waals surface area contributed by atoms with Crippen LogP contribution >= 0.6 is 0 Å². The summed E-state index contributed by atoms with van der Waals surface area (Å²) < 4.78 is 0. The number of hydrogen-bond acceptors (Lipinski definition) is 1. The van der Waals surface area contributed by atoms with Crippen LogP contribution in [0, 0.1) is 0 Å². The molecule has 0 aromatic heterocycles. The van der Waals surface area contributed by atoms with Gasteiger partial charge in [-0.1, -0.05) is 66.7 Å². The van der Waals surface area contributed by atoms with Crippen LogP contribution in [0.15, 0.2) is 72.3 Å². The molecule has 0 saturated heterocycles. The molecule has 2 aliphatic rings. The summed E-state index contributed by atoms with van der Waals surface area (Å²) in [5.74, 6) is -0.759. The Labute approximate surface area is 135 Å². The normalized spacial score (nSPS) is 21.9. The van der Waals surface area contributed by atoms with E-state index in [0.29, 0.717) is 6.42 Å². The molecule has 2 heteroatoms. The Morgan fingerprint density at radius 2 is 1.78 bits per heavy atom. The molecular formula is C21H18O2. The Balaban J connectivity index is 1.96. The van der Waals surface area contributed by atoms with Crippen molar-refractivity contribution < 1.29 is 9.90 Å². The molecule has 2 nitrogen and oxygen atoms in total. The Kier molecular flexibility index (Phi) is 3.19. The van der Waals surface area contributed by atoms with E-state index in [1.54, 1.807) is 0 Å². The number of carboxylic acids is 1. The van der Waals surface area contributed by atoms with E-state index in [0.717, 1.165) is 35.1 Å². The van der Waals surface area contributed by atoms with Gasteiger partial charge in [0.05, 0.1) is 0 Å². The first kappa shape index (κ1) is 14.0. The summed E-state index contributed by atoms with van der Waals surface area (Å²) in [6.45, 7) is 0. The smallest absolute Gasteiger partial charge is 0.319 e. The molecule has 0 amide bonds. The van der Waals surface area contributed by atoms with Crippen LogP contribution in [0.25, 0.3) is 5.57 Å². The maximum atomic E-state index is 12.5. The summed E-state index contributed by atoms with van der Waals surface area (Å²) in [5, 5.41) is 10.2. The molecule has 2 aliphatic carbocycles. The third-order valence-electron chi connectivity index (χ3n) is 5.02. The largest absolute Gasteiger partial charge is 0.480 e. The maximum Gasteiger partial charge on any atom is 0.319 e. The van der Waals surface area contributed by atoms with E-state index in [1.807, 2.05) is 54.6 Å². The van der Waals surface area contributed by atoms with E-state index < -0.39 is 11.4 Å². The van der Waals surface area contributed by atoms with Gasteiger partial charge in [-0.25, -0.2) is 0 Å². The number of benzene rings is 2. The molecular weight excluding hydrogens is 284 g/mol. The second-order valence-electron chi connectivity index (χ2n) is 6.25. The number of hydrogen-bond donors (Lipinski definition) is 1. The van der Waals surface area contributed by atoms with Gasteiger partial charge in [0.15, 0.2) is 0 Å². The summed E-state index contributed by atoms with van der Waals surface area (Å²) in [5.41, 5.74) is 4.32. The minimum atomic E-state index is -0.968. The van der Waals surface area contributed by atoms with Gasteiger partial charge in [0.2, 0.25) is 0 Å². The number of carbonyl (C=O) groups is 1. The van der Waals surface area contributed by atoms with Crippen LogP contribution in [0.5, 0.6) is 0 Å². The van der Waals surface area contributed by atoms with E-state index in [4.69, 9.17) is 0 Å². The Hall–Kier alpha value is -2.61. The van der Waals surface area contributed by atoms with Crippen LogP contribution in [0.3, 0.4) is 0 Å². The lowest BCUT2D eigenvalue weighted by Gasteiger charge is -2.29. The molecule has 1 N–H and O–H groups in total. The average molecular weight is 302 g/mol. The molecule has 0 bridgehead atoms. The maximum absolute atomic E-state index is 12.5. The molecule has 0 fully saturated rings. The summed E-state index contributed by atoms with van der Waals surface area (Å²) in [7, 11) is 0. The van der Waals surface area contributed by atoms with Crippen LogP contribution in [0.4, 0.5) is 0 Å². The Morgan fingerprint density at radius 3 is 2.57 bits per heavy atom. The zero-order valence-electron chi connectivity index (χ0n) is 12.8. The predicted molar refractivity (Wildman–Crippen MR) is 91.2 cm³/mol. The highest BCUT2D eigenvalue weighted by atomic mass is 16.4. The van der Waals surface area contributed by atoms with E-state index in [1.165, 1.54) is 5.57 Å². The molecule has 4 rings (SSSR count). The van der Waals surface area contributed by atoms with Crippen molar-refractivity contribution in [3.63, 3.8) is 0 Å². The molecule has 0 aliphatic heterocycles. The molecule has 2 aromatic rings. The zero-order chi connectivity index (χ0) is 15.9. The van der Waals surface area contributed by atoms with Gasteiger partial charge in [0, 0.05) is 0 Å².